The Morgan fingerprint density at radius 1 is 0.406 bits per heavy atom. The van der Waals surface area contributed by atoms with Crippen molar-refractivity contribution in [3.05, 3.63) is 259 Å². The molecular formula is C94H104N14O16P2S2. The van der Waals surface area contributed by atoms with Crippen LogP contribution in [-0.2, 0) is 97.0 Å². The molecule has 0 saturated heterocycles. The summed E-state index contributed by atoms with van der Waals surface area (Å²) in [6.07, 6.45) is -1.60. The topological polar surface area (TPSA) is 427 Å². The predicted molar refractivity (Wildman–Crippen MR) is 493 cm³/mol. The van der Waals surface area contributed by atoms with Crippen LogP contribution in [-0.4, -0.2) is 194 Å². The van der Waals surface area contributed by atoms with Gasteiger partial charge in [0.2, 0.25) is 59.1 Å². The fourth-order valence-electron chi connectivity index (χ4n) is 15.4. The largest absolute Gasteiger partial charge is 0.448 e. The predicted octanol–water partition coefficient (Wildman–Crippen LogP) is 6.31. The molecule has 0 unspecified atom stereocenters. The summed E-state index contributed by atoms with van der Waals surface area (Å²) in [6, 6.07) is 43.0. The van der Waals surface area contributed by atoms with Crippen molar-refractivity contribution < 1.29 is 76.6 Å². The average molecular weight is 1810 g/mol. The van der Waals surface area contributed by atoms with Crippen molar-refractivity contribution in [3.63, 3.8) is 0 Å². The first-order valence-electron chi connectivity index (χ1n) is 41.6. The quantitative estimate of drug-likeness (QED) is 0.0191. The third-order valence-corrected chi connectivity index (χ3v) is 32.1. The first-order valence-corrected chi connectivity index (χ1v) is 47.6. The molecule has 128 heavy (non-hydrogen) atoms. The van der Waals surface area contributed by atoms with Crippen LogP contribution in [0, 0.1) is 0 Å². The molecule has 0 spiro atoms. The van der Waals surface area contributed by atoms with E-state index in [1.807, 2.05) is 97.1 Å². The molecule has 0 aliphatic heterocycles. The molecule has 34 heteroatoms. The van der Waals surface area contributed by atoms with Crippen LogP contribution < -0.4 is 74.8 Å². The van der Waals surface area contributed by atoms with Crippen LogP contribution in [0.25, 0.3) is 22.3 Å². The summed E-state index contributed by atoms with van der Waals surface area (Å²) in [7, 11) is 0. The van der Waals surface area contributed by atoms with Gasteiger partial charge in [0, 0.05) is 55.8 Å². The van der Waals surface area contributed by atoms with Crippen LogP contribution in [0.1, 0.15) is 116 Å². The number of amides is 14. The molecule has 1 heterocycles. The summed E-state index contributed by atoms with van der Waals surface area (Å²) in [4.78, 5) is 215. The number of primary amides is 1. The van der Waals surface area contributed by atoms with E-state index in [4.69, 9.17) is 38.8 Å². The number of rotatable bonds is 36. The Morgan fingerprint density at radius 2 is 0.719 bits per heavy atom. The maximum atomic E-state index is 16.6. The Morgan fingerprint density at radius 3 is 1.06 bits per heavy atom. The van der Waals surface area contributed by atoms with Crippen LogP contribution in [0.3, 0.4) is 0 Å². The van der Waals surface area contributed by atoms with E-state index >= 15 is 38.4 Å². The first kappa shape index (κ1) is 95.5. The number of nitrogens with two attached hydrogens (primary N) is 1. The molecule has 2 aliphatic rings. The number of hydrogen-bond acceptors (Lipinski definition) is 19. The number of H-pyrrole nitrogens is 1. The van der Waals surface area contributed by atoms with Crippen molar-refractivity contribution in [2.24, 2.45) is 5.73 Å². The molecule has 0 radical (unpaired) electrons. The number of nitrogens with zero attached hydrogens (tertiary/aromatic N) is 3. The van der Waals surface area contributed by atoms with Gasteiger partial charge in [-0.1, -0.05) is 242 Å². The van der Waals surface area contributed by atoms with E-state index in [1.54, 1.807) is 121 Å². The molecule has 11 rings (SSSR count). The number of fused-ring (bicyclic) bond motifs is 6. The van der Waals surface area contributed by atoms with Gasteiger partial charge in [-0.3, -0.25) is 57.5 Å². The van der Waals surface area contributed by atoms with E-state index in [2.05, 4.69) is 57.8 Å². The molecule has 668 valence electrons. The van der Waals surface area contributed by atoms with Gasteiger partial charge >= 0.3 is 12.2 Å². The van der Waals surface area contributed by atoms with E-state index in [1.165, 1.54) is 88.7 Å². The molecule has 8 aromatic carbocycles. The van der Waals surface area contributed by atoms with E-state index in [-0.39, 0.29) is 12.3 Å². The lowest BCUT2D eigenvalue weighted by Gasteiger charge is -2.36. The summed E-state index contributed by atoms with van der Waals surface area (Å²) < 4.78 is 12.6. The Bertz CT molecular complexity index is 5600. The van der Waals surface area contributed by atoms with Gasteiger partial charge in [0.25, 0.3) is 11.8 Å². The molecule has 2 aliphatic carbocycles. The van der Waals surface area contributed by atoms with Gasteiger partial charge in [-0.25, -0.2) is 24.4 Å². The number of imide groups is 2. The number of nitrogens with one attached hydrogen (secondary N) is 10. The van der Waals surface area contributed by atoms with Gasteiger partial charge in [0.05, 0.1) is 12.0 Å². The Labute approximate surface area is 752 Å². The van der Waals surface area contributed by atoms with Gasteiger partial charge in [0.1, 0.15) is 78.7 Å². The standard InChI is InChI=1S/C94H104N14O16P2S2/c1-55(80(95)110)102-89(119)93(8,9)106-84(114)59(5)101-86(116)79(53-126(128,65-36-20-14-21-37-65)66-38-22-15-23-39-66)108(92(122)124-51-76-73-46-30-26-42-69(73)70-43-27-31-47-74(70)76)88(118)77(48-62-49-96-54-97-62)104-82(112)57(3)99-81(111)56(2)100-85(115)78(52-125(127,63-32-16-12-17-33-63)64-34-18-13-19-35-64)107(87(117)60(6)103-90(120)94(10,11)105-83(113)58(4)98-61(7)109)91(121)123-50-75-71-44-28-24-40-67(71)68-41-25-29-45-72(68)75/h12-47,49,54-60,75-79H,48,50-53H2,1-11H3,(H2,95,110)(H,96,97)(H,98,109)(H,99,111)(H,100,115)(H,101,116)(H,102,119)(H,103,120)(H,104,112)(H,105,113)(H,106,114)/t55-,56-,57-,58-,59-,60-,77-,78-,79-/m0/s1. The van der Waals surface area contributed by atoms with Gasteiger partial charge in [-0.15, -0.1) is 0 Å². The third kappa shape index (κ3) is 22.3. The molecule has 0 fully saturated rings. The lowest BCUT2D eigenvalue weighted by atomic mass is 9.98. The van der Waals surface area contributed by atoms with Crippen LogP contribution in [0.2, 0.25) is 0 Å². The summed E-state index contributed by atoms with van der Waals surface area (Å²) in [6.45, 7) is 13.6. The smallest absolute Gasteiger partial charge is 0.417 e. The normalized spacial score (nSPS) is 14.4. The Kier molecular flexibility index (Phi) is 31.0. The van der Waals surface area contributed by atoms with Crippen molar-refractivity contribution in [1.29, 1.82) is 0 Å². The number of aromatic nitrogens is 2. The first-order chi connectivity index (χ1) is 60.8. The van der Waals surface area contributed by atoms with Gasteiger partial charge < -0.3 is 68.0 Å². The summed E-state index contributed by atoms with van der Waals surface area (Å²) >= 11 is 13.6. The summed E-state index contributed by atoms with van der Waals surface area (Å²) in [5.74, 6) is -12.9. The highest BCUT2D eigenvalue weighted by Gasteiger charge is 2.48. The average Bonchev–Trinajstić information content (AvgIpc) is 1.35. The minimum atomic E-state index is -3.49. The number of imidazole rings is 1. The Balaban J connectivity index is 0.946. The van der Waals surface area contributed by atoms with Crippen LogP contribution in [0.4, 0.5) is 9.59 Å². The van der Waals surface area contributed by atoms with E-state index < -0.39 is 198 Å². The molecule has 9 atom stereocenters. The zero-order valence-electron chi connectivity index (χ0n) is 72.5. The molecule has 12 N–H and O–H groups in total. The number of carbonyl (C=O) groups excluding carboxylic acids is 14. The number of hydrogen-bond donors (Lipinski definition) is 11. The minimum Gasteiger partial charge on any atom is -0.448 e. The van der Waals surface area contributed by atoms with Crippen molar-refractivity contribution in [2.45, 2.75) is 160 Å². The van der Waals surface area contributed by atoms with Crippen molar-refractivity contribution in [1.82, 2.24) is 67.6 Å². The second-order valence-electron chi connectivity index (χ2n) is 32.7. The lowest BCUT2D eigenvalue weighted by molar-refractivity contribution is -0.142. The van der Waals surface area contributed by atoms with E-state index in [0.717, 1.165) is 44.5 Å². The van der Waals surface area contributed by atoms with Crippen LogP contribution in [0.5, 0.6) is 0 Å². The van der Waals surface area contributed by atoms with Gasteiger partial charge in [-0.05, 0) is 135 Å². The molecule has 0 saturated carbocycles. The van der Waals surface area contributed by atoms with Crippen LogP contribution in [0.15, 0.2) is 231 Å². The summed E-state index contributed by atoms with van der Waals surface area (Å²) in [5.41, 5.74) is 8.62. The highest BCUT2D eigenvalue weighted by atomic mass is 32.4. The highest BCUT2D eigenvalue weighted by molar-refractivity contribution is 8.22. The van der Waals surface area contributed by atoms with Crippen LogP contribution >= 0.6 is 12.1 Å². The lowest BCUT2D eigenvalue weighted by Crippen LogP contribution is -2.64. The minimum absolute atomic E-state index is 0.135. The molecule has 0 bridgehead atoms. The summed E-state index contributed by atoms with van der Waals surface area (Å²) in [5, 5.41) is 25.5. The van der Waals surface area contributed by atoms with Crippen molar-refractivity contribution in [3.8, 4) is 22.3 Å². The van der Waals surface area contributed by atoms with Gasteiger partial charge in [0.15, 0.2) is 0 Å². The zero-order chi connectivity index (χ0) is 92.7. The van der Waals surface area contributed by atoms with E-state index in [0.29, 0.717) is 31.0 Å². The molecule has 14 amide bonds. The fraction of sp³-hybridized carbons (Fsp3) is 0.309. The number of aromatic amines is 1. The third-order valence-electron chi connectivity index (χ3n) is 22.5. The van der Waals surface area contributed by atoms with Gasteiger partial charge in [-0.2, -0.15) is 0 Å². The highest BCUT2D eigenvalue weighted by Crippen LogP contribution is 2.49. The maximum Gasteiger partial charge on any atom is 0.417 e. The monoisotopic (exact) mass is 1810 g/mol. The number of ether oxygens (including phenoxy) is 2. The van der Waals surface area contributed by atoms with E-state index in [9.17, 15) is 28.8 Å². The number of benzene rings is 8. The molecule has 9 aromatic rings. The zero-order valence-corrected chi connectivity index (χ0v) is 75.9. The molecule has 30 nitrogen and oxygen atoms in total. The number of carbonyl (C=O) groups is 14. The Hall–Kier alpha value is -13.2. The maximum absolute atomic E-state index is 16.6. The van der Waals surface area contributed by atoms with Crippen molar-refractivity contribution >= 4 is 140 Å². The molecule has 1 aromatic heterocycles. The SMILES string of the molecule is CC(=O)N[C@@H](C)C(=O)NC(C)(C)C(=O)N[C@@H](C)C(=O)N(C(=O)OCC1c2ccccc2-c2ccccc21)[C@@H](CP(=S)(c1ccccc1)c1ccccc1)C(=O)N[C@@H](C)C(=O)N[C@@H](C)C(=O)N[C@@H](Cc1c[nH]cn1)C(=O)N(C(=O)OCC1c2ccccc2-c2ccccc21)[C@@H](CP(=S)(c1ccccc1)c1ccccc1)C(=O)N[C@@H](C)C(=O)NC(C)(C)C(=O)N[C@@H](C)C(N)=O. The molecular weight excluding hydrogens is 1710 g/mol. The van der Waals surface area contributed by atoms with Crippen molar-refractivity contribution in [2.75, 3.05) is 25.5 Å². The second-order valence-corrected chi connectivity index (χ2v) is 42.2. The second kappa shape index (κ2) is 41.5. The fourth-order valence-corrected chi connectivity index (χ4v) is 23.4.